The van der Waals surface area contributed by atoms with Crippen molar-refractivity contribution >= 4 is 15.9 Å². The van der Waals surface area contributed by atoms with Gasteiger partial charge in [0, 0.05) is 30.0 Å². The second-order valence-corrected chi connectivity index (χ2v) is 5.26. The lowest BCUT2D eigenvalue weighted by molar-refractivity contribution is 0.179. The number of hydrogen-bond acceptors (Lipinski definition) is 3. The van der Waals surface area contributed by atoms with Crippen molar-refractivity contribution in [1.29, 1.82) is 5.26 Å². The maximum atomic E-state index is 8.62. The lowest BCUT2D eigenvalue weighted by Gasteiger charge is -2.25. The molecule has 1 aromatic rings. The first-order chi connectivity index (χ1) is 8.63. The largest absolute Gasteiger partial charge is 0.492 e. The maximum absolute atomic E-state index is 8.62. The molecule has 18 heavy (non-hydrogen) atoms. The van der Waals surface area contributed by atoms with Crippen molar-refractivity contribution in [2.45, 2.75) is 26.3 Å². The first kappa shape index (κ1) is 15.0. The number of ether oxygens (including phenoxy) is 1. The van der Waals surface area contributed by atoms with E-state index in [4.69, 9.17) is 10.00 Å². The summed E-state index contributed by atoms with van der Waals surface area (Å²) < 4.78 is 6.71. The fraction of sp³-hybridized carbons (Fsp3) is 0.500. The minimum Gasteiger partial charge on any atom is -0.492 e. The minimum atomic E-state index is 0.435. The van der Waals surface area contributed by atoms with Gasteiger partial charge >= 0.3 is 0 Å². The van der Waals surface area contributed by atoms with Gasteiger partial charge in [-0.2, -0.15) is 5.26 Å². The van der Waals surface area contributed by atoms with Gasteiger partial charge in [0.25, 0.3) is 0 Å². The Morgan fingerprint density at radius 3 is 2.78 bits per heavy atom. The summed E-state index contributed by atoms with van der Waals surface area (Å²) in [5.41, 5.74) is 0. The molecule has 0 aliphatic rings. The zero-order chi connectivity index (χ0) is 13.4. The van der Waals surface area contributed by atoms with Gasteiger partial charge in [-0.15, -0.1) is 0 Å². The molecule has 0 saturated heterocycles. The molecular formula is C14H19BrN2O. The van der Waals surface area contributed by atoms with E-state index >= 15 is 0 Å². The predicted octanol–water partition coefficient (Wildman–Crippen LogP) is 3.45. The molecular weight excluding hydrogens is 292 g/mol. The molecule has 0 N–H and O–H groups in total. The molecule has 0 heterocycles. The SMILES string of the molecule is CC(C)N(CCC#N)CCOc1cccc(Br)c1. The molecule has 0 aliphatic heterocycles. The van der Waals surface area contributed by atoms with E-state index in [0.29, 0.717) is 19.1 Å². The lowest BCUT2D eigenvalue weighted by atomic mass is 10.3. The topological polar surface area (TPSA) is 36.3 Å². The quantitative estimate of drug-likeness (QED) is 0.774. The van der Waals surface area contributed by atoms with E-state index in [1.165, 1.54) is 0 Å². The van der Waals surface area contributed by atoms with E-state index in [2.05, 4.69) is 40.7 Å². The third-order valence-corrected chi connectivity index (χ3v) is 3.18. The summed E-state index contributed by atoms with van der Waals surface area (Å²) in [4.78, 5) is 2.25. The van der Waals surface area contributed by atoms with Gasteiger partial charge in [-0.05, 0) is 32.0 Å². The fourth-order valence-electron chi connectivity index (χ4n) is 1.66. The highest BCUT2D eigenvalue weighted by atomic mass is 79.9. The third kappa shape index (κ3) is 5.52. The Kier molecular flexibility index (Phi) is 6.77. The summed E-state index contributed by atoms with van der Waals surface area (Å²) in [7, 11) is 0. The normalized spacial score (nSPS) is 10.7. The second-order valence-electron chi connectivity index (χ2n) is 4.34. The molecule has 1 aromatic carbocycles. The van der Waals surface area contributed by atoms with Gasteiger partial charge in [-0.1, -0.05) is 22.0 Å². The number of hydrogen-bond donors (Lipinski definition) is 0. The Hall–Kier alpha value is -1.05. The Morgan fingerprint density at radius 2 is 2.17 bits per heavy atom. The number of rotatable bonds is 7. The summed E-state index contributed by atoms with van der Waals surface area (Å²) in [6.45, 7) is 6.55. The van der Waals surface area contributed by atoms with Crippen LogP contribution in [0.5, 0.6) is 5.75 Å². The Bertz CT molecular complexity index is 401. The lowest BCUT2D eigenvalue weighted by Crippen LogP contribution is -2.35. The molecule has 1 rings (SSSR count). The number of halogens is 1. The summed E-state index contributed by atoms with van der Waals surface area (Å²) in [5, 5.41) is 8.62. The van der Waals surface area contributed by atoms with Crippen LogP contribution in [0.3, 0.4) is 0 Å². The molecule has 4 heteroatoms. The Morgan fingerprint density at radius 1 is 1.39 bits per heavy atom. The van der Waals surface area contributed by atoms with Crippen molar-refractivity contribution in [1.82, 2.24) is 4.90 Å². The van der Waals surface area contributed by atoms with Crippen LogP contribution >= 0.6 is 15.9 Å². The minimum absolute atomic E-state index is 0.435. The molecule has 98 valence electrons. The summed E-state index contributed by atoms with van der Waals surface area (Å²) in [6.07, 6.45) is 0.565. The van der Waals surface area contributed by atoms with Gasteiger partial charge in [0.1, 0.15) is 12.4 Å². The Balaban J connectivity index is 2.37. The van der Waals surface area contributed by atoms with Crippen LogP contribution in [0.4, 0.5) is 0 Å². The molecule has 0 fully saturated rings. The van der Waals surface area contributed by atoms with E-state index in [0.717, 1.165) is 23.3 Å². The fourth-order valence-corrected chi connectivity index (χ4v) is 2.04. The third-order valence-electron chi connectivity index (χ3n) is 2.68. The van der Waals surface area contributed by atoms with E-state index in [1.807, 2.05) is 24.3 Å². The van der Waals surface area contributed by atoms with Crippen LogP contribution in [0.15, 0.2) is 28.7 Å². The van der Waals surface area contributed by atoms with Crippen molar-refractivity contribution in [2.24, 2.45) is 0 Å². The van der Waals surface area contributed by atoms with Crippen LogP contribution in [-0.4, -0.2) is 30.6 Å². The van der Waals surface area contributed by atoms with Crippen molar-refractivity contribution in [3.8, 4) is 11.8 Å². The van der Waals surface area contributed by atoms with Crippen molar-refractivity contribution in [3.63, 3.8) is 0 Å². The van der Waals surface area contributed by atoms with Crippen LogP contribution in [0, 0.1) is 11.3 Å². The van der Waals surface area contributed by atoms with Crippen molar-refractivity contribution in [3.05, 3.63) is 28.7 Å². The van der Waals surface area contributed by atoms with Crippen LogP contribution in [0.1, 0.15) is 20.3 Å². The van der Waals surface area contributed by atoms with Crippen LogP contribution in [0.2, 0.25) is 0 Å². The molecule has 3 nitrogen and oxygen atoms in total. The highest BCUT2D eigenvalue weighted by Crippen LogP contribution is 2.17. The molecule has 0 aliphatic carbocycles. The van der Waals surface area contributed by atoms with E-state index in [1.54, 1.807) is 0 Å². The molecule has 0 bridgehead atoms. The Labute approximate surface area is 117 Å². The highest BCUT2D eigenvalue weighted by Gasteiger charge is 2.08. The van der Waals surface area contributed by atoms with E-state index in [9.17, 15) is 0 Å². The van der Waals surface area contributed by atoms with Crippen LogP contribution in [-0.2, 0) is 0 Å². The number of benzene rings is 1. The average molecular weight is 311 g/mol. The highest BCUT2D eigenvalue weighted by molar-refractivity contribution is 9.10. The molecule has 0 radical (unpaired) electrons. The van der Waals surface area contributed by atoms with Crippen molar-refractivity contribution in [2.75, 3.05) is 19.7 Å². The average Bonchev–Trinajstić information content (AvgIpc) is 2.33. The zero-order valence-electron chi connectivity index (χ0n) is 10.9. The second kappa shape index (κ2) is 8.12. The summed E-state index contributed by atoms with van der Waals surface area (Å²) >= 11 is 3.41. The molecule has 0 unspecified atom stereocenters. The smallest absolute Gasteiger partial charge is 0.120 e. The first-order valence-electron chi connectivity index (χ1n) is 6.13. The first-order valence-corrected chi connectivity index (χ1v) is 6.92. The maximum Gasteiger partial charge on any atom is 0.120 e. The standard InChI is InChI=1S/C14H19BrN2O/c1-12(2)17(8-4-7-16)9-10-18-14-6-3-5-13(15)11-14/h3,5-6,11-12H,4,8-10H2,1-2H3. The van der Waals surface area contributed by atoms with Gasteiger partial charge in [0.05, 0.1) is 6.07 Å². The van der Waals surface area contributed by atoms with Gasteiger partial charge < -0.3 is 4.74 Å². The van der Waals surface area contributed by atoms with Gasteiger partial charge in [-0.25, -0.2) is 0 Å². The van der Waals surface area contributed by atoms with Crippen LogP contribution in [0.25, 0.3) is 0 Å². The summed E-state index contributed by atoms with van der Waals surface area (Å²) in [5.74, 6) is 0.869. The number of nitrogens with zero attached hydrogens (tertiary/aromatic N) is 2. The molecule has 0 amide bonds. The van der Waals surface area contributed by atoms with Gasteiger partial charge in [0.2, 0.25) is 0 Å². The molecule has 0 atom stereocenters. The van der Waals surface area contributed by atoms with Crippen molar-refractivity contribution < 1.29 is 4.74 Å². The van der Waals surface area contributed by atoms with E-state index < -0.39 is 0 Å². The summed E-state index contributed by atoms with van der Waals surface area (Å²) in [6, 6.07) is 10.4. The van der Waals surface area contributed by atoms with E-state index in [-0.39, 0.29) is 0 Å². The predicted molar refractivity (Wildman–Crippen MR) is 76.6 cm³/mol. The molecule has 0 saturated carbocycles. The zero-order valence-corrected chi connectivity index (χ0v) is 12.5. The monoisotopic (exact) mass is 310 g/mol. The van der Waals surface area contributed by atoms with Gasteiger partial charge in [-0.3, -0.25) is 4.90 Å². The molecule has 0 spiro atoms. The molecule has 0 aromatic heterocycles. The van der Waals surface area contributed by atoms with Gasteiger partial charge in [0.15, 0.2) is 0 Å². The van der Waals surface area contributed by atoms with Crippen LogP contribution < -0.4 is 4.74 Å². The number of nitriles is 1.